The zero-order valence-electron chi connectivity index (χ0n) is 17.4. The van der Waals surface area contributed by atoms with Gasteiger partial charge in [-0.1, -0.05) is 69.2 Å². The van der Waals surface area contributed by atoms with Crippen molar-refractivity contribution in [1.29, 1.82) is 0 Å². The molecule has 4 heteroatoms. The van der Waals surface area contributed by atoms with Crippen LogP contribution < -0.4 is 4.74 Å². The average Bonchev–Trinajstić information content (AvgIpc) is 2.68. The number of esters is 1. The number of aliphatic hydroxyl groups is 1. The summed E-state index contributed by atoms with van der Waals surface area (Å²) in [7, 11) is 0. The van der Waals surface area contributed by atoms with Gasteiger partial charge < -0.3 is 9.84 Å². The van der Waals surface area contributed by atoms with Crippen LogP contribution >= 0.6 is 11.6 Å². The largest absolute Gasteiger partial charge is 0.427 e. The second kappa shape index (κ2) is 16.6. The van der Waals surface area contributed by atoms with E-state index in [4.69, 9.17) is 16.3 Å². The first-order valence-corrected chi connectivity index (χ1v) is 11.3. The molecule has 0 amide bonds. The molecule has 28 heavy (non-hydrogen) atoms. The van der Waals surface area contributed by atoms with Gasteiger partial charge in [0.25, 0.3) is 0 Å². The first kappa shape index (κ1) is 24.7. The lowest BCUT2D eigenvalue weighted by molar-refractivity contribution is -0.134. The average molecular weight is 409 g/mol. The van der Waals surface area contributed by atoms with Crippen molar-refractivity contribution in [1.82, 2.24) is 0 Å². The molecule has 1 rings (SSSR count). The van der Waals surface area contributed by atoms with Gasteiger partial charge in [-0.15, -0.1) is 0 Å². The Balaban J connectivity index is 1.92. The first-order chi connectivity index (χ1) is 13.6. The Labute approximate surface area is 176 Å². The zero-order chi connectivity index (χ0) is 20.5. The van der Waals surface area contributed by atoms with Gasteiger partial charge in [0.1, 0.15) is 5.75 Å². The topological polar surface area (TPSA) is 46.5 Å². The highest BCUT2D eigenvalue weighted by molar-refractivity contribution is 6.30. The van der Waals surface area contributed by atoms with E-state index >= 15 is 0 Å². The molecule has 0 aromatic heterocycles. The van der Waals surface area contributed by atoms with E-state index in [-0.39, 0.29) is 12.1 Å². The summed E-state index contributed by atoms with van der Waals surface area (Å²) in [5.74, 6) is 0.347. The van der Waals surface area contributed by atoms with Crippen LogP contribution in [0.15, 0.2) is 36.4 Å². The Bertz CT molecular complexity index is 539. The van der Waals surface area contributed by atoms with Crippen LogP contribution in [0, 0.1) is 0 Å². The van der Waals surface area contributed by atoms with Gasteiger partial charge in [0.15, 0.2) is 0 Å². The number of hydrogen-bond acceptors (Lipinski definition) is 3. The first-order valence-electron chi connectivity index (χ1n) is 10.9. The third-order valence-corrected chi connectivity index (χ3v) is 5.02. The molecule has 0 heterocycles. The van der Waals surface area contributed by atoms with Gasteiger partial charge in [-0.3, -0.25) is 4.79 Å². The van der Waals surface area contributed by atoms with E-state index in [1.165, 1.54) is 19.3 Å². The van der Waals surface area contributed by atoms with Gasteiger partial charge in [0.05, 0.1) is 6.10 Å². The van der Waals surface area contributed by atoms with Gasteiger partial charge in [-0.2, -0.15) is 0 Å². The number of unbranched alkanes of at least 4 members (excludes halogenated alkanes) is 7. The molecule has 0 fully saturated rings. The molecule has 1 N–H and O–H groups in total. The number of halogens is 1. The lowest BCUT2D eigenvalue weighted by atomic mass is 10.0. The molecule has 3 nitrogen and oxygen atoms in total. The number of aliphatic hydroxyl groups excluding tert-OH is 1. The minimum atomic E-state index is -0.194. The van der Waals surface area contributed by atoms with Crippen LogP contribution in [0.3, 0.4) is 0 Å². The predicted molar refractivity (Wildman–Crippen MR) is 118 cm³/mol. The minimum absolute atomic E-state index is 0.186. The van der Waals surface area contributed by atoms with Gasteiger partial charge in [-0.25, -0.2) is 0 Å². The van der Waals surface area contributed by atoms with E-state index in [1.54, 1.807) is 24.3 Å². The van der Waals surface area contributed by atoms with E-state index in [0.29, 0.717) is 17.2 Å². The van der Waals surface area contributed by atoms with Crippen LogP contribution in [0.2, 0.25) is 5.02 Å². The van der Waals surface area contributed by atoms with E-state index < -0.39 is 0 Å². The summed E-state index contributed by atoms with van der Waals surface area (Å²) in [6.07, 6.45) is 17.6. The van der Waals surface area contributed by atoms with Crippen LogP contribution in [0.1, 0.15) is 90.4 Å². The fraction of sp³-hybridized carbons (Fsp3) is 0.625. The summed E-state index contributed by atoms with van der Waals surface area (Å²) < 4.78 is 5.27. The highest BCUT2D eigenvalue weighted by Crippen LogP contribution is 2.17. The molecule has 0 saturated carbocycles. The number of benzene rings is 1. The van der Waals surface area contributed by atoms with Crippen molar-refractivity contribution in [2.45, 2.75) is 96.5 Å². The third-order valence-electron chi connectivity index (χ3n) is 4.77. The standard InChI is InChI=1S/C24H37ClO3/c1-2-3-4-5-6-8-11-14-22(26)15-12-9-7-10-13-16-24(27)28-23-19-17-21(25)18-20-23/h6,8,17-20,22,26H,2-5,7,9-16H2,1H3/b8-6-/t22-/m0/s1. The third kappa shape index (κ3) is 13.8. The van der Waals surface area contributed by atoms with Crippen LogP contribution in [0.4, 0.5) is 0 Å². The Morgan fingerprint density at radius 1 is 0.964 bits per heavy atom. The Hall–Kier alpha value is -1.32. The lowest BCUT2D eigenvalue weighted by Gasteiger charge is -2.09. The number of hydrogen-bond donors (Lipinski definition) is 1. The molecular weight excluding hydrogens is 372 g/mol. The zero-order valence-corrected chi connectivity index (χ0v) is 18.1. The Morgan fingerprint density at radius 2 is 1.64 bits per heavy atom. The number of rotatable bonds is 16. The summed E-state index contributed by atoms with van der Waals surface area (Å²) >= 11 is 5.81. The number of carbonyl (C=O) groups excluding carboxylic acids is 1. The number of carbonyl (C=O) groups is 1. The number of ether oxygens (including phenoxy) is 1. The van der Waals surface area contributed by atoms with Gasteiger partial charge in [-0.05, 0) is 62.8 Å². The maximum atomic E-state index is 11.8. The molecule has 1 aromatic carbocycles. The fourth-order valence-corrected chi connectivity index (χ4v) is 3.17. The molecule has 0 radical (unpaired) electrons. The summed E-state index contributed by atoms with van der Waals surface area (Å²) in [6.45, 7) is 2.22. The summed E-state index contributed by atoms with van der Waals surface area (Å²) in [6, 6.07) is 6.83. The van der Waals surface area contributed by atoms with E-state index in [1.807, 2.05) is 0 Å². The van der Waals surface area contributed by atoms with Crippen LogP contribution in [-0.4, -0.2) is 17.2 Å². The highest BCUT2D eigenvalue weighted by Gasteiger charge is 2.05. The van der Waals surface area contributed by atoms with Crippen molar-refractivity contribution in [2.75, 3.05) is 0 Å². The van der Waals surface area contributed by atoms with Crippen molar-refractivity contribution in [2.24, 2.45) is 0 Å². The summed E-state index contributed by atoms with van der Waals surface area (Å²) in [5.41, 5.74) is 0. The second-order valence-electron chi connectivity index (χ2n) is 7.43. The Morgan fingerprint density at radius 3 is 2.39 bits per heavy atom. The quantitative estimate of drug-likeness (QED) is 0.135. The van der Waals surface area contributed by atoms with Gasteiger partial charge >= 0.3 is 5.97 Å². The SMILES string of the molecule is CCCCC/C=C\CC[C@H](O)CCCCCCCC(=O)Oc1ccc(Cl)cc1. The minimum Gasteiger partial charge on any atom is -0.427 e. The lowest BCUT2D eigenvalue weighted by Crippen LogP contribution is -2.07. The Kier molecular flexibility index (Phi) is 14.7. The van der Waals surface area contributed by atoms with Crippen molar-refractivity contribution in [3.05, 3.63) is 41.4 Å². The van der Waals surface area contributed by atoms with E-state index in [9.17, 15) is 9.90 Å². The van der Waals surface area contributed by atoms with E-state index in [2.05, 4.69) is 19.1 Å². The van der Waals surface area contributed by atoms with Gasteiger partial charge in [0.2, 0.25) is 0 Å². The molecule has 0 spiro atoms. The van der Waals surface area contributed by atoms with Crippen LogP contribution in [0.25, 0.3) is 0 Å². The molecule has 0 saturated heterocycles. The van der Waals surface area contributed by atoms with Crippen molar-refractivity contribution in [3.63, 3.8) is 0 Å². The van der Waals surface area contributed by atoms with Crippen molar-refractivity contribution < 1.29 is 14.6 Å². The molecule has 1 aromatic rings. The second-order valence-corrected chi connectivity index (χ2v) is 7.87. The molecule has 158 valence electrons. The normalized spacial score (nSPS) is 12.4. The molecule has 0 unspecified atom stereocenters. The van der Waals surface area contributed by atoms with Crippen molar-refractivity contribution >= 4 is 17.6 Å². The summed E-state index contributed by atoms with van der Waals surface area (Å²) in [4.78, 5) is 11.8. The van der Waals surface area contributed by atoms with Crippen LogP contribution in [0.5, 0.6) is 5.75 Å². The van der Waals surface area contributed by atoms with Crippen molar-refractivity contribution in [3.8, 4) is 5.75 Å². The fourth-order valence-electron chi connectivity index (χ4n) is 3.05. The molecule has 0 aliphatic heterocycles. The summed E-state index contributed by atoms with van der Waals surface area (Å²) in [5, 5.41) is 10.6. The molecular formula is C24H37ClO3. The van der Waals surface area contributed by atoms with Gasteiger partial charge in [0, 0.05) is 11.4 Å². The number of allylic oxidation sites excluding steroid dienone is 2. The maximum absolute atomic E-state index is 11.8. The van der Waals surface area contributed by atoms with E-state index in [0.717, 1.165) is 57.8 Å². The van der Waals surface area contributed by atoms with Crippen LogP contribution in [-0.2, 0) is 4.79 Å². The highest BCUT2D eigenvalue weighted by atomic mass is 35.5. The predicted octanol–water partition coefficient (Wildman–Crippen LogP) is 7.25. The molecule has 0 bridgehead atoms. The maximum Gasteiger partial charge on any atom is 0.311 e. The molecule has 0 aliphatic carbocycles. The molecule has 0 aliphatic rings. The monoisotopic (exact) mass is 408 g/mol. The molecule has 1 atom stereocenters. The smallest absolute Gasteiger partial charge is 0.311 e.